The molecule has 0 fully saturated rings. The van der Waals surface area contributed by atoms with Crippen molar-refractivity contribution < 1.29 is 22.6 Å². The van der Waals surface area contributed by atoms with Crippen LogP contribution in [0.2, 0.25) is 0 Å². The lowest BCUT2D eigenvalue weighted by Crippen LogP contribution is -2.05. The number of hydrogen-bond acceptors (Lipinski definition) is 5. The lowest BCUT2D eigenvalue weighted by atomic mass is 10.1. The third-order valence-electron chi connectivity index (χ3n) is 4.99. The zero-order chi connectivity index (χ0) is 24.1. The molecule has 0 saturated heterocycles. The van der Waals surface area contributed by atoms with Gasteiger partial charge in [-0.05, 0) is 55.0 Å². The minimum atomic E-state index is -4.39. The van der Waals surface area contributed by atoms with Gasteiger partial charge in [0.1, 0.15) is 11.5 Å². The molecule has 0 bridgehead atoms. The lowest BCUT2D eigenvalue weighted by Gasteiger charge is -2.12. The molecule has 0 N–H and O–H groups in total. The third kappa shape index (κ3) is 5.36. The monoisotopic (exact) mass is 485 g/mol. The van der Waals surface area contributed by atoms with Gasteiger partial charge in [-0.3, -0.25) is 4.57 Å². The van der Waals surface area contributed by atoms with Gasteiger partial charge in [0.05, 0.1) is 19.3 Å². The first-order valence-corrected chi connectivity index (χ1v) is 11.5. The van der Waals surface area contributed by atoms with Crippen LogP contribution in [0.25, 0.3) is 17.1 Å². The number of aromatic nitrogens is 3. The Morgan fingerprint density at radius 2 is 1.68 bits per heavy atom. The molecule has 0 radical (unpaired) electrons. The average molecular weight is 486 g/mol. The molecular weight excluding hydrogens is 463 g/mol. The van der Waals surface area contributed by atoms with Crippen LogP contribution in [-0.2, 0) is 11.9 Å². The standard InChI is InChI=1S/C25H22F3N3O2S/c1-3-33-21-12-10-20(11-13-21)31-23(18-7-5-9-22(15-18)32-2)29-30-24(31)34-16-17-6-4-8-19(14-17)25(26,27)28/h4-15H,3,16H2,1-2H3. The number of nitrogens with zero attached hydrogens (tertiary/aromatic N) is 3. The molecule has 4 rings (SSSR count). The largest absolute Gasteiger partial charge is 0.497 e. The van der Waals surface area contributed by atoms with E-state index in [4.69, 9.17) is 9.47 Å². The first kappa shape index (κ1) is 23.7. The van der Waals surface area contributed by atoms with Crippen molar-refractivity contribution in [3.05, 3.63) is 83.9 Å². The number of alkyl halides is 3. The van der Waals surface area contributed by atoms with Crippen molar-refractivity contribution in [2.75, 3.05) is 13.7 Å². The molecule has 0 aliphatic rings. The van der Waals surface area contributed by atoms with E-state index in [9.17, 15) is 13.2 Å². The summed E-state index contributed by atoms with van der Waals surface area (Å²) in [5.74, 6) is 2.31. The zero-order valence-corrected chi connectivity index (χ0v) is 19.4. The molecule has 1 aromatic heterocycles. The van der Waals surface area contributed by atoms with Crippen LogP contribution in [0.15, 0.2) is 78.0 Å². The zero-order valence-electron chi connectivity index (χ0n) is 18.5. The normalized spacial score (nSPS) is 11.4. The highest BCUT2D eigenvalue weighted by atomic mass is 32.2. The van der Waals surface area contributed by atoms with E-state index in [2.05, 4.69) is 10.2 Å². The van der Waals surface area contributed by atoms with Crippen LogP contribution in [0, 0.1) is 0 Å². The summed E-state index contributed by atoms with van der Waals surface area (Å²) in [6, 6.07) is 20.3. The molecule has 0 saturated carbocycles. The van der Waals surface area contributed by atoms with Crippen LogP contribution in [0.1, 0.15) is 18.1 Å². The van der Waals surface area contributed by atoms with E-state index in [0.717, 1.165) is 29.1 Å². The van der Waals surface area contributed by atoms with Crippen molar-refractivity contribution in [1.29, 1.82) is 0 Å². The maximum atomic E-state index is 13.1. The van der Waals surface area contributed by atoms with Crippen LogP contribution in [0.3, 0.4) is 0 Å². The van der Waals surface area contributed by atoms with Crippen LogP contribution < -0.4 is 9.47 Å². The predicted molar refractivity (Wildman–Crippen MR) is 126 cm³/mol. The van der Waals surface area contributed by atoms with E-state index < -0.39 is 11.7 Å². The highest BCUT2D eigenvalue weighted by Crippen LogP contribution is 2.34. The second kappa shape index (κ2) is 10.2. The highest BCUT2D eigenvalue weighted by molar-refractivity contribution is 7.98. The van der Waals surface area contributed by atoms with Crippen molar-refractivity contribution in [2.24, 2.45) is 0 Å². The third-order valence-corrected chi connectivity index (χ3v) is 5.99. The molecule has 0 aliphatic carbocycles. The Labute approximate surface area is 199 Å². The summed E-state index contributed by atoms with van der Waals surface area (Å²) in [6.45, 7) is 2.47. The molecule has 4 aromatic rings. The van der Waals surface area contributed by atoms with E-state index in [-0.39, 0.29) is 0 Å². The Kier molecular flexibility index (Phi) is 7.12. The fourth-order valence-electron chi connectivity index (χ4n) is 3.39. The Hall–Kier alpha value is -3.46. The molecule has 0 atom stereocenters. The molecule has 0 spiro atoms. The first-order valence-electron chi connectivity index (χ1n) is 10.5. The minimum Gasteiger partial charge on any atom is -0.497 e. The summed E-state index contributed by atoms with van der Waals surface area (Å²) >= 11 is 1.31. The van der Waals surface area contributed by atoms with Crippen molar-refractivity contribution in [3.8, 4) is 28.6 Å². The number of halogens is 3. The Morgan fingerprint density at radius 1 is 0.912 bits per heavy atom. The van der Waals surface area contributed by atoms with Crippen LogP contribution >= 0.6 is 11.8 Å². The van der Waals surface area contributed by atoms with Crippen LogP contribution in [0.4, 0.5) is 13.2 Å². The predicted octanol–water partition coefficient (Wildman–Crippen LogP) is 6.65. The van der Waals surface area contributed by atoms with Gasteiger partial charge >= 0.3 is 6.18 Å². The Balaban J connectivity index is 1.70. The number of hydrogen-bond donors (Lipinski definition) is 0. The highest BCUT2D eigenvalue weighted by Gasteiger charge is 2.30. The first-order chi connectivity index (χ1) is 16.4. The molecule has 5 nitrogen and oxygen atoms in total. The van der Waals surface area contributed by atoms with Gasteiger partial charge in [0.25, 0.3) is 0 Å². The number of thioether (sulfide) groups is 1. The van der Waals surface area contributed by atoms with Crippen molar-refractivity contribution >= 4 is 11.8 Å². The molecule has 176 valence electrons. The fraction of sp³-hybridized carbons (Fsp3) is 0.200. The van der Waals surface area contributed by atoms with E-state index in [1.54, 1.807) is 13.2 Å². The number of ether oxygens (including phenoxy) is 2. The SMILES string of the molecule is CCOc1ccc(-n2c(SCc3cccc(C(F)(F)F)c3)nnc2-c2cccc(OC)c2)cc1. The summed E-state index contributed by atoms with van der Waals surface area (Å²) in [7, 11) is 1.59. The molecule has 0 unspecified atom stereocenters. The average Bonchev–Trinajstić information content (AvgIpc) is 3.27. The van der Waals surface area contributed by atoms with Gasteiger partial charge in [-0.25, -0.2) is 0 Å². The van der Waals surface area contributed by atoms with E-state index >= 15 is 0 Å². The lowest BCUT2D eigenvalue weighted by molar-refractivity contribution is -0.137. The van der Waals surface area contributed by atoms with Gasteiger partial charge in [-0.15, -0.1) is 10.2 Å². The van der Waals surface area contributed by atoms with Crippen molar-refractivity contribution in [1.82, 2.24) is 14.8 Å². The van der Waals surface area contributed by atoms with Gasteiger partial charge in [-0.2, -0.15) is 13.2 Å². The molecular formula is C25H22F3N3O2S. The molecule has 3 aromatic carbocycles. The minimum absolute atomic E-state index is 0.303. The van der Waals surface area contributed by atoms with Gasteiger partial charge in [-0.1, -0.05) is 42.1 Å². The topological polar surface area (TPSA) is 49.2 Å². The van der Waals surface area contributed by atoms with E-state index in [0.29, 0.717) is 34.7 Å². The van der Waals surface area contributed by atoms with Crippen molar-refractivity contribution in [3.63, 3.8) is 0 Å². The number of rotatable bonds is 8. The smallest absolute Gasteiger partial charge is 0.416 e. The quantitative estimate of drug-likeness (QED) is 0.262. The number of benzene rings is 3. The second-order valence-electron chi connectivity index (χ2n) is 7.29. The van der Waals surface area contributed by atoms with Gasteiger partial charge in [0.2, 0.25) is 0 Å². The molecule has 34 heavy (non-hydrogen) atoms. The fourth-order valence-corrected chi connectivity index (χ4v) is 4.28. The summed E-state index contributed by atoms with van der Waals surface area (Å²) in [6.07, 6.45) is -4.39. The Morgan fingerprint density at radius 3 is 2.38 bits per heavy atom. The van der Waals surface area contributed by atoms with E-state index in [1.807, 2.05) is 60.0 Å². The maximum Gasteiger partial charge on any atom is 0.416 e. The summed E-state index contributed by atoms with van der Waals surface area (Å²) in [4.78, 5) is 0. The van der Waals surface area contributed by atoms with Crippen LogP contribution in [0.5, 0.6) is 11.5 Å². The molecule has 0 amide bonds. The summed E-state index contributed by atoms with van der Waals surface area (Å²) in [5.41, 5.74) is 1.48. The summed E-state index contributed by atoms with van der Waals surface area (Å²) < 4.78 is 52.1. The molecule has 9 heteroatoms. The molecule has 1 heterocycles. The van der Waals surface area contributed by atoms with E-state index in [1.165, 1.54) is 17.8 Å². The number of methoxy groups -OCH3 is 1. The van der Waals surface area contributed by atoms with Gasteiger partial charge < -0.3 is 9.47 Å². The second-order valence-corrected chi connectivity index (χ2v) is 8.23. The Bertz CT molecular complexity index is 1260. The maximum absolute atomic E-state index is 13.1. The van der Waals surface area contributed by atoms with Crippen molar-refractivity contribution in [2.45, 2.75) is 24.0 Å². The molecule has 0 aliphatic heterocycles. The van der Waals surface area contributed by atoms with Gasteiger partial charge in [0, 0.05) is 17.0 Å². The van der Waals surface area contributed by atoms with Crippen LogP contribution in [-0.4, -0.2) is 28.5 Å². The van der Waals surface area contributed by atoms with Gasteiger partial charge in [0.15, 0.2) is 11.0 Å². The summed E-state index contributed by atoms with van der Waals surface area (Å²) in [5, 5.41) is 9.30.